The molecule has 0 aliphatic carbocycles. The number of ether oxygens (including phenoxy) is 1. The Balaban J connectivity index is 1.48. The van der Waals surface area contributed by atoms with Crippen molar-refractivity contribution in [3.05, 3.63) is 89.0 Å². The summed E-state index contributed by atoms with van der Waals surface area (Å²) in [6.07, 6.45) is 2.27. The molecule has 2 aromatic carbocycles. The normalized spacial score (nSPS) is 16.6. The van der Waals surface area contributed by atoms with Crippen molar-refractivity contribution >= 4 is 27.3 Å². The van der Waals surface area contributed by atoms with E-state index in [1.54, 1.807) is 4.90 Å². The molecule has 10 heteroatoms. The highest BCUT2D eigenvalue weighted by Gasteiger charge is 2.30. The number of amides is 1. The van der Waals surface area contributed by atoms with E-state index < -0.39 is 11.6 Å². The number of aromatic nitrogens is 3. The van der Waals surface area contributed by atoms with Gasteiger partial charge in [0.15, 0.2) is 0 Å². The standard InChI is InChI=1S/C34H31F2N5O2S/c1-5-29(42)40-18-24-15-27(38-41(24)16-19(40)2)33-31(30-26(36)13-23(35)14-28(30)43-4)34-25(9-11-44-34)32(37-33)21-6-7-22-17-39(3)10-8-20(22)12-21/h5-7,9,11-15,19H,1,8,10,16-18H2,2-4H3/t19-/m1/s1. The third-order valence-corrected chi connectivity index (χ3v) is 9.58. The van der Waals surface area contributed by atoms with Crippen molar-refractivity contribution in [3.8, 4) is 39.5 Å². The average Bonchev–Trinajstić information content (AvgIpc) is 3.66. The highest BCUT2D eigenvalue weighted by molar-refractivity contribution is 7.18. The van der Waals surface area contributed by atoms with Crippen LogP contribution in [0.3, 0.4) is 0 Å². The van der Waals surface area contributed by atoms with Gasteiger partial charge in [-0.2, -0.15) is 5.10 Å². The van der Waals surface area contributed by atoms with Crippen LogP contribution in [-0.2, 0) is 30.8 Å². The van der Waals surface area contributed by atoms with E-state index in [9.17, 15) is 9.18 Å². The van der Waals surface area contributed by atoms with Crippen molar-refractivity contribution in [1.82, 2.24) is 24.6 Å². The van der Waals surface area contributed by atoms with E-state index >= 15 is 4.39 Å². The molecule has 0 saturated carbocycles. The van der Waals surface area contributed by atoms with Crippen LogP contribution in [0.5, 0.6) is 5.75 Å². The number of carbonyl (C=O) groups excluding carboxylic acids is 1. The summed E-state index contributed by atoms with van der Waals surface area (Å²) in [6, 6.07) is 12.3. The molecule has 5 aromatic rings. The summed E-state index contributed by atoms with van der Waals surface area (Å²) in [6.45, 7) is 8.35. The maximum Gasteiger partial charge on any atom is 0.246 e. The lowest BCUT2D eigenvalue weighted by Gasteiger charge is -2.33. The monoisotopic (exact) mass is 611 g/mol. The molecule has 0 saturated heterocycles. The summed E-state index contributed by atoms with van der Waals surface area (Å²) in [4.78, 5) is 21.8. The van der Waals surface area contributed by atoms with Gasteiger partial charge in [-0.05, 0) is 61.2 Å². The fourth-order valence-electron chi connectivity index (χ4n) is 6.41. The summed E-state index contributed by atoms with van der Waals surface area (Å²) in [7, 11) is 3.52. The molecule has 0 radical (unpaired) electrons. The van der Waals surface area contributed by atoms with Crippen LogP contribution in [-0.4, -0.2) is 57.2 Å². The van der Waals surface area contributed by atoms with E-state index in [-0.39, 0.29) is 23.3 Å². The first-order chi connectivity index (χ1) is 21.2. The summed E-state index contributed by atoms with van der Waals surface area (Å²) in [5.74, 6) is -1.55. The number of rotatable bonds is 5. The average molecular weight is 612 g/mol. The van der Waals surface area contributed by atoms with E-state index in [1.165, 1.54) is 41.7 Å². The third-order valence-electron chi connectivity index (χ3n) is 8.64. The second kappa shape index (κ2) is 10.9. The van der Waals surface area contributed by atoms with E-state index in [2.05, 4.69) is 36.7 Å². The predicted molar refractivity (Wildman–Crippen MR) is 168 cm³/mol. The molecule has 5 heterocycles. The summed E-state index contributed by atoms with van der Waals surface area (Å²) in [5.41, 5.74) is 6.79. The van der Waals surface area contributed by atoms with Crippen LogP contribution >= 0.6 is 11.3 Å². The molecule has 0 N–H and O–H groups in total. The Hall–Kier alpha value is -4.41. The first-order valence-corrected chi connectivity index (χ1v) is 15.4. The topological polar surface area (TPSA) is 63.5 Å². The zero-order valence-electron chi connectivity index (χ0n) is 24.7. The van der Waals surface area contributed by atoms with Gasteiger partial charge in [0.25, 0.3) is 0 Å². The molecule has 1 amide bonds. The molecule has 224 valence electrons. The summed E-state index contributed by atoms with van der Waals surface area (Å²) in [5, 5.41) is 7.77. The molecular formula is C34H31F2N5O2S. The van der Waals surface area contributed by atoms with Gasteiger partial charge in [0.2, 0.25) is 5.91 Å². The van der Waals surface area contributed by atoms with Gasteiger partial charge in [0.05, 0.1) is 37.2 Å². The van der Waals surface area contributed by atoms with Gasteiger partial charge in [0, 0.05) is 52.5 Å². The van der Waals surface area contributed by atoms with Crippen LogP contribution in [0.1, 0.15) is 23.7 Å². The second-order valence-corrected chi connectivity index (χ2v) is 12.4. The van der Waals surface area contributed by atoms with Crippen LogP contribution in [0.25, 0.3) is 43.9 Å². The zero-order valence-corrected chi connectivity index (χ0v) is 25.5. The molecule has 7 rings (SSSR count). The van der Waals surface area contributed by atoms with Gasteiger partial charge in [-0.1, -0.05) is 18.7 Å². The molecule has 1 atom stereocenters. The molecule has 44 heavy (non-hydrogen) atoms. The van der Waals surface area contributed by atoms with Crippen LogP contribution in [0.15, 0.2) is 60.5 Å². The number of pyridine rings is 1. The number of hydrogen-bond donors (Lipinski definition) is 0. The van der Waals surface area contributed by atoms with Crippen LogP contribution in [0.2, 0.25) is 0 Å². The molecule has 0 spiro atoms. The lowest BCUT2D eigenvalue weighted by atomic mass is 9.93. The Kier molecular flexibility index (Phi) is 7.05. The SMILES string of the molecule is C=CC(=O)N1Cc2cc(-c3nc(-c4ccc5c(c4)CCN(C)C5)c4ccsc4c3-c3c(F)cc(F)cc3OC)nn2C[C@H]1C. The smallest absolute Gasteiger partial charge is 0.246 e. The van der Waals surface area contributed by atoms with Crippen LogP contribution < -0.4 is 4.74 Å². The lowest BCUT2D eigenvalue weighted by Crippen LogP contribution is -2.44. The van der Waals surface area contributed by atoms with E-state index in [0.29, 0.717) is 30.0 Å². The van der Waals surface area contributed by atoms with Crippen molar-refractivity contribution in [1.29, 1.82) is 0 Å². The molecule has 7 nitrogen and oxygen atoms in total. The molecule has 0 unspecified atom stereocenters. The first kappa shape index (κ1) is 28.4. The summed E-state index contributed by atoms with van der Waals surface area (Å²) < 4.78 is 38.4. The fourth-order valence-corrected chi connectivity index (χ4v) is 7.35. The van der Waals surface area contributed by atoms with Crippen LogP contribution in [0, 0.1) is 11.6 Å². The van der Waals surface area contributed by atoms with Crippen molar-refractivity contribution in [2.24, 2.45) is 0 Å². The Bertz CT molecular complexity index is 1970. The zero-order chi connectivity index (χ0) is 30.7. The molecule has 0 bridgehead atoms. The van der Waals surface area contributed by atoms with E-state index in [0.717, 1.165) is 52.6 Å². The molecule has 0 fully saturated rings. The Morgan fingerprint density at radius 3 is 2.73 bits per heavy atom. The number of methoxy groups -OCH3 is 1. The minimum Gasteiger partial charge on any atom is -0.496 e. The fraction of sp³-hybridized carbons (Fsp3) is 0.265. The second-order valence-electron chi connectivity index (χ2n) is 11.5. The quantitative estimate of drug-likeness (QED) is 0.208. The third kappa shape index (κ3) is 4.69. The van der Waals surface area contributed by atoms with Gasteiger partial charge >= 0.3 is 0 Å². The number of nitrogens with zero attached hydrogens (tertiary/aromatic N) is 5. The van der Waals surface area contributed by atoms with Gasteiger partial charge in [-0.15, -0.1) is 11.3 Å². The molecular weight excluding hydrogens is 580 g/mol. The Morgan fingerprint density at radius 2 is 1.93 bits per heavy atom. The predicted octanol–water partition coefficient (Wildman–Crippen LogP) is 6.69. The maximum atomic E-state index is 15.8. The number of fused-ring (bicyclic) bond motifs is 3. The number of hydrogen-bond acceptors (Lipinski definition) is 6. The van der Waals surface area contributed by atoms with Crippen molar-refractivity contribution < 1.29 is 18.3 Å². The number of likely N-dealkylation sites (N-methyl/N-ethyl adjacent to an activating group) is 1. The van der Waals surface area contributed by atoms with Gasteiger partial charge in [0.1, 0.15) is 28.8 Å². The minimum atomic E-state index is -0.745. The number of carbonyl (C=O) groups is 1. The Morgan fingerprint density at radius 1 is 1.09 bits per heavy atom. The molecule has 2 aliphatic heterocycles. The van der Waals surface area contributed by atoms with Crippen molar-refractivity contribution in [2.75, 3.05) is 20.7 Å². The van der Waals surface area contributed by atoms with Crippen LogP contribution in [0.4, 0.5) is 8.78 Å². The summed E-state index contributed by atoms with van der Waals surface area (Å²) >= 11 is 1.47. The van der Waals surface area contributed by atoms with Crippen molar-refractivity contribution in [3.63, 3.8) is 0 Å². The number of thiophene rings is 1. The number of benzene rings is 2. The highest BCUT2D eigenvalue weighted by Crippen LogP contribution is 2.47. The molecule has 3 aromatic heterocycles. The lowest BCUT2D eigenvalue weighted by molar-refractivity contribution is -0.129. The van der Waals surface area contributed by atoms with Gasteiger partial charge in [-0.25, -0.2) is 13.8 Å². The highest BCUT2D eigenvalue weighted by atomic mass is 32.1. The van der Waals surface area contributed by atoms with Gasteiger partial charge < -0.3 is 14.5 Å². The van der Waals surface area contributed by atoms with E-state index in [1.807, 2.05) is 29.1 Å². The minimum absolute atomic E-state index is 0.0752. The molecule has 2 aliphatic rings. The van der Waals surface area contributed by atoms with E-state index in [4.69, 9.17) is 14.8 Å². The maximum absolute atomic E-state index is 15.8. The number of halogens is 2. The first-order valence-electron chi connectivity index (χ1n) is 14.5. The van der Waals surface area contributed by atoms with Crippen molar-refractivity contribution in [2.45, 2.75) is 39.0 Å². The Labute approximate surface area is 258 Å². The van der Waals surface area contributed by atoms with Gasteiger partial charge in [-0.3, -0.25) is 9.48 Å². The largest absolute Gasteiger partial charge is 0.496 e.